The second-order valence-electron chi connectivity index (χ2n) is 6.45. The zero-order valence-electron chi connectivity index (χ0n) is 14.4. The van der Waals surface area contributed by atoms with Crippen molar-refractivity contribution in [1.82, 2.24) is 15.1 Å². The zero-order valence-corrected chi connectivity index (χ0v) is 15.2. The Bertz CT molecular complexity index is 872. The summed E-state index contributed by atoms with van der Waals surface area (Å²) in [5, 5.41) is 9.78. The molecule has 1 aliphatic rings. The van der Waals surface area contributed by atoms with E-state index in [0.717, 1.165) is 11.4 Å². The molecule has 0 radical (unpaired) electrons. The number of carbonyl (C=O) groups excluding carboxylic acids is 1. The van der Waals surface area contributed by atoms with Crippen LogP contribution in [0, 0.1) is 0 Å². The number of thiophene rings is 1. The minimum Gasteiger partial charge on any atom is -0.465 e. The number of carbonyl (C=O) groups is 1. The molecule has 134 valence electrons. The van der Waals surface area contributed by atoms with Crippen LogP contribution in [0.2, 0.25) is 0 Å². The lowest BCUT2D eigenvalue weighted by Gasteiger charge is -2.13. The Balaban J connectivity index is 1.46. The SMILES string of the molecule is O=C(C=Cc1ccco1)NCc1cc(-c2cccs2)n(C2CCCC2)n1. The molecule has 26 heavy (non-hydrogen) atoms. The molecule has 0 unspecified atom stereocenters. The third-order valence-corrected chi connectivity index (χ3v) is 5.51. The first-order valence-corrected chi connectivity index (χ1v) is 9.79. The number of aromatic nitrogens is 2. The maximum atomic E-state index is 12.0. The molecule has 0 spiro atoms. The molecule has 6 heteroatoms. The first-order chi connectivity index (χ1) is 12.8. The molecule has 1 saturated carbocycles. The maximum Gasteiger partial charge on any atom is 0.244 e. The number of nitrogens with zero attached hydrogens (tertiary/aromatic N) is 2. The fourth-order valence-corrected chi connectivity index (χ4v) is 4.08. The van der Waals surface area contributed by atoms with E-state index in [2.05, 4.69) is 33.6 Å². The van der Waals surface area contributed by atoms with Gasteiger partial charge in [-0.3, -0.25) is 9.48 Å². The largest absolute Gasteiger partial charge is 0.465 e. The number of hydrogen-bond acceptors (Lipinski definition) is 4. The monoisotopic (exact) mass is 367 g/mol. The van der Waals surface area contributed by atoms with Crippen LogP contribution < -0.4 is 5.32 Å². The highest BCUT2D eigenvalue weighted by molar-refractivity contribution is 7.13. The number of rotatable bonds is 6. The zero-order chi connectivity index (χ0) is 17.8. The normalized spacial score (nSPS) is 15.1. The molecule has 5 nitrogen and oxygen atoms in total. The predicted octanol–water partition coefficient (Wildman–Crippen LogP) is 4.65. The van der Waals surface area contributed by atoms with Crippen LogP contribution in [0.5, 0.6) is 0 Å². The van der Waals surface area contributed by atoms with E-state index in [9.17, 15) is 4.79 Å². The van der Waals surface area contributed by atoms with E-state index in [-0.39, 0.29) is 5.91 Å². The summed E-state index contributed by atoms with van der Waals surface area (Å²) in [5.74, 6) is 0.500. The molecule has 1 fully saturated rings. The number of furan rings is 1. The van der Waals surface area contributed by atoms with Crippen LogP contribution in [0.15, 0.2) is 52.5 Å². The molecular weight excluding hydrogens is 346 g/mol. The number of amides is 1. The van der Waals surface area contributed by atoms with Gasteiger partial charge in [0, 0.05) is 6.08 Å². The van der Waals surface area contributed by atoms with Crippen molar-refractivity contribution in [2.45, 2.75) is 38.3 Å². The van der Waals surface area contributed by atoms with Gasteiger partial charge in [0.25, 0.3) is 0 Å². The standard InChI is InChI=1S/C20H21N3O2S/c24-20(10-9-17-7-3-11-25-17)21-14-15-13-18(19-8-4-12-26-19)23(22-15)16-5-1-2-6-16/h3-4,7-13,16H,1-2,5-6,14H2,(H,21,24). The van der Waals surface area contributed by atoms with E-state index in [0.29, 0.717) is 18.3 Å². The van der Waals surface area contributed by atoms with Crippen LogP contribution in [0.3, 0.4) is 0 Å². The molecular formula is C20H21N3O2S. The molecule has 1 aliphatic carbocycles. The molecule has 0 saturated heterocycles. The average Bonchev–Trinajstić information content (AvgIpc) is 3.44. The van der Waals surface area contributed by atoms with E-state index in [1.807, 2.05) is 0 Å². The van der Waals surface area contributed by atoms with Gasteiger partial charge in [-0.2, -0.15) is 5.10 Å². The molecule has 3 aromatic heterocycles. The van der Waals surface area contributed by atoms with Crippen LogP contribution in [0.1, 0.15) is 43.2 Å². The summed E-state index contributed by atoms with van der Waals surface area (Å²) >= 11 is 1.72. The number of hydrogen-bond donors (Lipinski definition) is 1. The Hall–Kier alpha value is -2.60. The Kier molecular flexibility index (Phi) is 5.02. The molecule has 1 amide bonds. The van der Waals surface area contributed by atoms with Crippen LogP contribution in [0.4, 0.5) is 0 Å². The van der Waals surface area contributed by atoms with Crippen LogP contribution in [-0.2, 0) is 11.3 Å². The van der Waals surface area contributed by atoms with Crippen molar-refractivity contribution in [2.75, 3.05) is 0 Å². The van der Waals surface area contributed by atoms with Gasteiger partial charge < -0.3 is 9.73 Å². The summed E-state index contributed by atoms with van der Waals surface area (Å²) < 4.78 is 7.35. The van der Waals surface area contributed by atoms with E-state index >= 15 is 0 Å². The smallest absolute Gasteiger partial charge is 0.244 e. The van der Waals surface area contributed by atoms with Crippen molar-refractivity contribution < 1.29 is 9.21 Å². The quantitative estimate of drug-likeness (QED) is 0.645. The topological polar surface area (TPSA) is 60.1 Å². The summed E-state index contributed by atoms with van der Waals surface area (Å²) in [4.78, 5) is 13.2. The lowest BCUT2D eigenvalue weighted by atomic mass is 10.2. The molecule has 0 aromatic carbocycles. The fourth-order valence-electron chi connectivity index (χ4n) is 3.35. The van der Waals surface area contributed by atoms with Gasteiger partial charge in [-0.1, -0.05) is 18.9 Å². The summed E-state index contributed by atoms with van der Waals surface area (Å²) in [6.45, 7) is 0.416. The van der Waals surface area contributed by atoms with Gasteiger partial charge in [-0.25, -0.2) is 0 Å². The molecule has 1 N–H and O–H groups in total. The molecule has 3 heterocycles. The van der Waals surface area contributed by atoms with Gasteiger partial charge in [0.05, 0.1) is 35.1 Å². The van der Waals surface area contributed by atoms with Gasteiger partial charge in [0.1, 0.15) is 5.76 Å². The Morgan fingerprint density at radius 2 is 2.23 bits per heavy atom. The van der Waals surface area contributed by atoms with Crippen molar-refractivity contribution in [3.05, 3.63) is 59.5 Å². The van der Waals surface area contributed by atoms with E-state index in [1.54, 1.807) is 35.8 Å². The van der Waals surface area contributed by atoms with Crippen LogP contribution in [-0.4, -0.2) is 15.7 Å². The van der Waals surface area contributed by atoms with Crippen molar-refractivity contribution >= 4 is 23.3 Å². The lowest BCUT2D eigenvalue weighted by Crippen LogP contribution is -2.20. The molecule has 0 bridgehead atoms. The maximum absolute atomic E-state index is 12.0. The fraction of sp³-hybridized carbons (Fsp3) is 0.300. The molecule has 0 atom stereocenters. The first kappa shape index (κ1) is 16.8. The molecule has 4 rings (SSSR count). The summed E-state index contributed by atoms with van der Waals surface area (Å²) in [6, 6.07) is 10.4. The lowest BCUT2D eigenvalue weighted by molar-refractivity contribution is -0.116. The molecule has 0 aliphatic heterocycles. The van der Waals surface area contributed by atoms with Crippen molar-refractivity contribution in [3.63, 3.8) is 0 Å². The van der Waals surface area contributed by atoms with Crippen LogP contribution >= 0.6 is 11.3 Å². The van der Waals surface area contributed by atoms with E-state index < -0.39 is 0 Å². The minimum absolute atomic E-state index is 0.158. The third-order valence-electron chi connectivity index (χ3n) is 4.62. The van der Waals surface area contributed by atoms with Gasteiger partial charge in [0.2, 0.25) is 5.91 Å². The van der Waals surface area contributed by atoms with E-state index in [4.69, 9.17) is 9.52 Å². The second kappa shape index (κ2) is 7.74. The van der Waals surface area contributed by atoms with Gasteiger partial charge in [-0.05, 0) is 48.6 Å². The highest BCUT2D eigenvalue weighted by Crippen LogP contribution is 2.35. The highest BCUT2D eigenvalue weighted by atomic mass is 32.1. The predicted molar refractivity (Wildman–Crippen MR) is 103 cm³/mol. The van der Waals surface area contributed by atoms with Crippen LogP contribution in [0.25, 0.3) is 16.6 Å². The van der Waals surface area contributed by atoms with Gasteiger partial charge >= 0.3 is 0 Å². The highest BCUT2D eigenvalue weighted by Gasteiger charge is 2.22. The Morgan fingerprint density at radius 3 is 2.96 bits per heavy atom. The van der Waals surface area contributed by atoms with Crippen molar-refractivity contribution in [3.8, 4) is 10.6 Å². The Morgan fingerprint density at radius 1 is 1.35 bits per heavy atom. The van der Waals surface area contributed by atoms with E-state index in [1.165, 1.54) is 36.6 Å². The summed E-state index contributed by atoms with van der Waals surface area (Å²) in [6.07, 6.45) is 9.60. The van der Waals surface area contributed by atoms with Crippen molar-refractivity contribution in [1.29, 1.82) is 0 Å². The summed E-state index contributed by atoms with van der Waals surface area (Å²) in [7, 11) is 0. The number of nitrogens with one attached hydrogen (secondary N) is 1. The van der Waals surface area contributed by atoms with Crippen molar-refractivity contribution in [2.24, 2.45) is 0 Å². The minimum atomic E-state index is -0.158. The summed E-state index contributed by atoms with van der Waals surface area (Å²) in [5.41, 5.74) is 2.04. The second-order valence-corrected chi connectivity index (χ2v) is 7.40. The van der Waals surface area contributed by atoms with Gasteiger partial charge in [0.15, 0.2) is 0 Å². The first-order valence-electron chi connectivity index (χ1n) is 8.91. The van der Waals surface area contributed by atoms with Gasteiger partial charge in [-0.15, -0.1) is 11.3 Å². The average molecular weight is 367 g/mol. The molecule has 3 aromatic rings. The third kappa shape index (κ3) is 3.80. The Labute approximate surface area is 156 Å².